The van der Waals surface area contributed by atoms with Crippen molar-refractivity contribution in [1.29, 1.82) is 5.26 Å². The van der Waals surface area contributed by atoms with Gasteiger partial charge in [-0.1, -0.05) is 12.1 Å². The number of likely N-dealkylation sites (tertiary alicyclic amines) is 1. The third-order valence-electron chi connectivity index (χ3n) is 6.77. The van der Waals surface area contributed by atoms with E-state index in [9.17, 15) is 10.1 Å². The average Bonchev–Trinajstić information content (AvgIpc) is 3.41. The van der Waals surface area contributed by atoms with Crippen molar-refractivity contribution >= 4 is 44.2 Å². The van der Waals surface area contributed by atoms with Crippen LogP contribution in [0.2, 0.25) is 0 Å². The average molecular weight is 485 g/mol. The number of allylic oxidation sites excluding steroid dienone is 1. The van der Waals surface area contributed by atoms with E-state index in [1.54, 1.807) is 23.3 Å². The Morgan fingerprint density at radius 1 is 1.29 bits per heavy atom. The number of nitriles is 1. The van der Waals surface area contributed by atoms with E-state index in [2.05, 4.69) is 45.9 Å². The summed E-state index contributed by atoms with van der Waals surface area (Å²) < 4.78 is 8.79. The molecule has 1 aliphatic heterocycles. The molecule has 4 aromatic rings. The second-order valence-corrected chi connectivity index (χ2v) is 10.3. The van der Waals surface area contributed by atoms with E-state index < -0.39 is 0 Å². The van der Waals surface area contributed by atoms with Crippen LogP contribution in [0.3, 0.4) is 0 Å². The number of nitrogen functional groups attached to an aromatic ring is 1. The van der Waals surface area contributed by atoms with Gasteiger partial charge in [0.2, 0.25) is 0 Å². The zero-order chi connectivity index (χ0) is 24.3. The lowest BCUT2D eigenvalue weighted by Crippen LogP contribution is -2.51. The third-order valence-corrected chi connectivity index (χ3v) is 7.97. The lowest BCUT2D eigenvalue weighted by Gasteiger charge is -2.40. The molecular formula is C26H24N6O2S. The van der Waals surface area contributed by atoms with Crippen LogP contribution in [-0.2, 0) is 4.79 Å². The second-order valence-electron chi connectivity index (χ2n) is 9.30. The number of thiophene rings is 1. The van der Waals surface area contributed by atoms with Gasteiger partial charge in [-0.3, -0.25) is 4.79 Å². The number of nitrogens with zero attached hydrogens (tertiary/aromatic N) is 5. The zero-order valence-electron chi connectivity index (χ0n) is 19.5. The number of hydrogen-bond donors (Lipinski definition) is 1. The lowest BCUT2D eigenvalue weighted by atomic mass is 10.1. The normalized spacial score (nSPS) is 16.5. The first-order chi connectivity index (χ1) is 17.0. The predicted molar refractivity (Wildman–Crippen MR) is 136 cm³/mol. The van der Waals surface area contributed by atoms with Crippen LogP contribution in [0, 0.1) is 24.2 Å². The molecule has 176 valence electrons. The second kappa shape index (κ2) is 8.10. The Kier molecular flexibility index (Phi) is 5.00. The highest BCUT2D eigenvalue weighted by Crippen LogP contribution is 2.44. The molecule has 2 N–H and O–H groups in total. The number of carbonyl (C=O) groups excluding carboxylic acids is 1. The molecule has 1 saturated heterocycles. The molecule has 0 spiro atoms. The summed E-state index contributed by atoms with van der Waals surface area (Å²) in [7, 11) is 1.69. The number of nitrogens with two attached hydrogens (primary N) is 1. The molecule has 8 nitrogen and oxygen atoms in total. The van der Waals surface area contributed by atoms with E-state index in [0.717, 1.165) is 55.7 Å². The minimum Gasteiger partial charge on any atom is -0.495 e. The standard InChI is InChI=1S/C26H24N6O2S/c1-14-5-16-8-21(35-23(16)20(6-14)34-2)19-12-32(25-22(19)24(28)29-13-30-25)18-10-31(11-18)26(33)17(9-27)7-15-3-4-15/h5-8,12-13,15,18H,3-4,10-11H2,1-2H3,(H2,28,29,30). The highest BCUT2D eigenvalue weighted by Gasteiger charge is 2.36. The minimum absolute atomic E-state index is 0.0523. The first kappa shape index (κ1) is 21.6. The number of methoxy groups -OCH3 is 1. The summed E-state index contributed by atoms with van der Waals surface area (Å²) >= 11 is 1.65. The maximum absolute atomic E-state index is 12.8. The Hall–Kier alpha value is -3.90. The monoisotopic (exact) mass is 484 g/mol. The lowest BCUT2D eigenvalue weighted by molar-refractivity contribution is -0.132. The van der Waals surface area contributed by atoms with Gasteiger partial charge in [-0.25, -0.2) is 9.97 Å². The van der Waals surface area contributed by atoms with Crippen molar-refractivity contribution < 1.29 is 9.53 Å². The molecule has 1 aromatic carbocycles. The Balaban J connectivity index is 1.36. The molecule has 0 bridgehead atoms. The van der Waals surface area contributed by atoms with Crippen LogP contribution in [0.5, 0.6) is 5.75 Å². The van der Waals surface area contributed by atoms with Gasteiger partial charge in [0.15, 0.2) is 0 Å². The number of fused-ring (bicyclic) bond motifs is 2. The molecule has 2 aliphatic rings. The molecule has 0 unspecified atom stereocenters. The van der Waals surface area contributed by atoms with Gasteiger partial charge >= 0.3 is 0 Å². The molecule has 2 fully saturated rings. The summed E-state index contributed by atoms with van der Waals surface area (Å²) in [6.07, 6.45) is 7.48. The largest absolute Gasteiger partial charge is 0.495 e. The highest BCUT2D eigenvalue weighted by molar-refractivity contribution is 7.22. The fraction of sp³-hybridized carbons (Fsp3) is 0.308. The first-order valence-electron chi connectivity index (χ1n) is 11.6. The van der Waals surface area contributed by atoms with Gasteiger partial charge < -0.3 is 19.9 Å². The Morgan fingerprint density at radius 3 is 2.80 bits per heavy atom. The number of benzene rings is 1. The molecule has 1 aliphatic carbocycles. The van der Waals surface area contributed by atoms with Gasteiger partial charge in [-0.15, -0.1) is 11.3 Å². The summed E-state index contributed by atoms with van der Waals surface area (Å²) in [6.45, 7) is 3.10. The van der Waals surface area contributed by atoms with Crippen LogP contribution < -0.4 is 10.5 Å². The van der Waals surface area contributed by atoms with E-state index in [1.165, 1.54) is 6.33 Å². The Labute approximate surface area is 206 Å². The van der Waals surface area contributed by atoms with Gasteiger partial charge in [0.05, 0.1) is 23.2 Å². The predicted octanol–water partition coefficient (Wildman–Crippen LogP) is 4.46. The van der Waals surface area contributed by atoms with Crippen molar-refractivity contribution in [2.24, 2.45) is 5.92 Å². The van der Waals surface area contributed by atoms with Gasteiger partial charge in [-0.2, -0.15) is 5.26 Å². The van der Waals surface area contributed by atoms with E-state index in [-0.39, 0.29) is 17.5 Å². The summed E-state index contributed by atoms with van der Waals surface area (Å²) in [5.74, 6) is 1.47. The zero-order valence-corrected chi connectivity index (χ0v) is 20.3. The number of aromatic nitrogens is 3. The van der Waals surface area contributed by atoms with Crippen LogP contribution in [-0.4, -0.2) is 45.5 Å². The SMILES string of the molecule is COc1cc(C)cc2cc(-c3cn(C4CN(C(=O)C(C#N)=CC5CC5)C4)c4ncnc(N)c34)sc12. The van der Waals surface area contributed by atoms with Gasteiger partial charge in [0.25, 0.3) is 5.91 Å². The molecular weight excluding hydrogens is 460 g/mol. The van der Waals surface area contributed by atoms with Gasteiger partial charge in [-0.05, 0) is 48.8 Å². The van der Waals surface area contributed by atoms with E-state index >= 15 is 0 Å². The van der Waals surface area contributed by atoms with Crippen molar-refractivity contribution in [2.75, 3.05) is 25.9 Å². The van der Waals surface area contributed by atoms with Crippen molar-refractivity contribution in [2.45, 2.75) is 25.8 Å². The Morgan fingerprint density at radius 2 is 2.09 bits per heavy atom. The number of anilines is 1. The topological polar surface area (TPSA) is 110 Å². The van der Waals surface area contributed by atoms with Crippen LogP contribution >= 0.6 is 11.3 Å². The van der Waals surface area contributed by atoms with Crippen LogP contribution in [0.15, 0.2) is 42.4 Å². The number of carbonyl (C=O) groups is 1. The number of ether oxygens (including phenoxy) is 1. The molecule has 6 rings (SSSR count). The van der Waals surface area contributed by atoms with Crippen LogP contribution in [0.1, 0.15) is 24.4 Å². The number of amides is 1. The number of rotatable bonds is 5. The van der Waals surface area contributed by atoms with Crippen LogP contribution in [0.4, 0.5) is 5.82 Å². The molecule has 0 atom stereocenters. The summed E-state index contributed by atoms with van der Waals surface area (Å²) in [5, 5.41) is 11.4. The van der Waals surface area contributed by atoms with Crippen molar-refractivity contribution in [1.82, 2.24) is 19.4 Å². The molecule has 9 heteroatoms. The van der Waals surface area contributed by atoms with E-state index in [1.807, 2.05) is 12.1 Å². The molecule has 3 aromatic heterocycles. The molecule has 1 amide bonds. The van der Waals surface area contributed by atoms with Gasteiger partial charge in [0, 0.05) is 29.7 Å². The first-order valence-corrected chi connectivity index (χ1v) is 12.4. The Bertz CT molecular complexity index is 1570. The maximum Gasteiger partial charge on any atom is 0.264 e. The number of aryl methyl sites for hydroxylation is 1. The fourth-order valence-electron chi connectivity index (χ4n) is 4.74. The highest BCUT2D eigenvalue weighted by atomic mass is 32.1. The minimum atomic E-state index is -0.187. The van der Waals surface area contributed by atoms with Crippen LogP contribution in [0.25, 0.3) is 31.6 Å². The number of hydrogen-bond acceptors (Lipinski definition) is 7. The third kappa shape index (κ3) is 3.61. The maximum atomic E-state index is 12.8. The van der Waals surface area contributed by atoms with Crippen molar-refractivity contribution in [3.05, 3.63) is 47.9 Å². The van der Waals surface area contributed by atoms with Crippen molar-refractivity contribution in [3.63, 3.8) is 0 Å². The summed E-state index contributed by atoms with van der Waals surface area (Å²) in [4.78, 5) is 24.4. The summed E-state index contributed by atoms with van der Waals surface area (Å²) in [5.41, 5.74) is 9.44. The van der Waals surface area contributed by atoms with E-state index in [0.29, 0.717) is 24.8 Å². The summed E-state index contributed by atoms with van der Waals surface area (Å²) in [6, 6.07) is 8.47. The molecule has 0 radical (unpaired) electrons. The van der Waals surface area contributed by atoms with Gasteiger partial charge in [0.1, 0.15) is 35.2 Å². The van der Waals surface area contributed by atoms with Crippen molar-refractivity contribution in [3.8, 4) is 22.3 Å². The van der Waals surface area contributed by atoms with E-state index in [4.69, 9.17) is 10.5 Å². The molecule has 1 saturated carbocycles. The smallest absolute Gasteiger partial charge is 0.264 e. The molecule has 4 heterocycles. The quantitative estimate of drug-likeness (QED) is 0.331. The fourth-order valence-corrected chi connectivity index (χ4v) is 5.89. The molecule has 35 heavy (non-hydrogen) atoms.